The lowest BCUT2D eigenvalue weighted by atomic mass is 10.1. The normalized spacial score (nSPS) is 10.3. The first-order valence-electron chi connectivity index (χ1n) is 11.5. The topological polar surface area (TPSA) is 113 Å². The molecule has 38 heavy (non-hydrogen) atoms. The number of hydrogen-bond donors (Lipinski definition) is 2. The second kappa shape index (κ2) is 11.8. The fraction of sp³-hybridized carbons (Fsp3) is 0.179. The zero-order valence-corrected chi connectivity index (χ0v) is 21.7. The van der Waals surface area contributed by atoms with Gasteiger partial charge in [0.25, 0.3) is 5.91 Å². The van der Waals surface area contributed by atoms with Crippen molar-refractivity contribution in [3.05, 3.63) is 72.4 Å². The van der Waals surface area contributed by atoms with Crippen LogP contribution in [0.1, 0.15) is 10.4 Å². The summed E-state index contributed by atoms with van der Waals surface area (Å²) in [6.07, 6.45) is 1.66. The molecular formula is C28H28N4O6. The summed E-state index contributed by atoms with van der Waals surface area (Å²) in [4.78, 5) is 21.9. The van der Waals surface area contributed by atoms with Crippen LogP contribution in [-0.2, 0) is 0 Å². The molecule has 4 rings (SSSR count). The van der Waals surface area contributed by atoms with Crippen LogP contribution in [-0.4, -0.2) is 51.4 Å². The molecule has 10 heteroatoms. The number of carbonyl (C=O) groups excluding carboxylic acids is 1. The van der Waals surface area contributed by atoms with E-state index in [0.717, 1.165) is 5.56 Å². The molecule has 0 radical (unpaired) electrons. The summed E-state index contributed by atoms with van der Waals surface area (Å²) in [6, 6.07) is 17.8. The maximum Gasteiger partial charge on any atom is 0.255 e. The van der Waals surface area contributed by atoms with E-state index in [4.69, 9.17) is 23.7 Å². The van der Waals surface area contributed by atoms with Crippen molar-refractivity contribution in [2.45, 2.75) is 0 Å². The predicted octanol–water partition coefficient (Wildman–Crippen LogP) is 5.18. The highest BCUT2D eigenvalue weighted by atomic mass is 16.5. The van der Waals surface area contributed by atoms with E-state index >= 15 is 0 Å². The van der Waals surface area contributed by atoms with E-state index < -0.39 is 0 Å². The quantitative estimate of drug-likeness (QED) is 0.294. The first-order valence-corrected chi connectivity index (χ1v) is 11.5. The molecule has 0 unspecified atom stereocenters. The van der Waals surface area contributed by atoms with Crippen LogP contribution in [0.4, 0.5) is 17.3 Å². The second-order valence-corrected chi connectivity index (χ2v) is 7.91. The largest absolute Gasteiger partial charge is 0.493 e. The lowest BCUT2D eigenvalue weighted by Gasteiger charge is -2.14. The van der Waals surface area contributed by atoms with Crippen LogP contribution in [0.3, 0.4) is 0 Å². The molecular weight excluding hydrogens is 488 g/mol. The maximum absolute atomic E-state index is 13.0. The number of amides is 1. The third kappa shape index (κ3) is 5.70. The van der Waals surface area contributed by atoms with Crippen molar-refractivity contribution in [3.63, 3.8) is 0 Å². The number of aromatic nitrogens is 2. The van der Waals surface area contributed by atoms with Crippen molar-refractivity contribution in [2.24, 2.45) is 0 Å². The van der Waals surface area contributed by atoms with Gasteiger partial charge < -0.3 is 34.3 Å². The fourth-order valence-corrected chi connectivity index (χ4v) is 3.79. The standard InChI is InChI=1S/C28H28N4O6/c1-34-22-10-9-17(13-23(22)35-2)21-11-12-29-28(32-21)31-20-8-6-7-19(16-20)30-27(33)18-14-24(36-3)26(38-5)25(15-18)37-4/h6-16H,1-5H3,(H,30,33)(H,29,31,32). The van der Waals surface area contributed by atoms with E-state index in [1.807, 2.05) is 30.3 Å². The van der Waals surface area contributed by atoms with Gasteiger partial charge in [-0.3, -0.25) is 4.79 Å². The smallest absolute Gasteiger partial charge is 0.255 e. The molecule has 4 aromatic rings. The third-order valence-corrected chi connectivity index (χ3v) is 5.64. The van der Waals surface area contributed by atoms with Gasteiger partial charge in [0.1, 0.15) is 0 Å². The minimum absolute atomic E-state index is 0.340. The van der Waals surface area contributed by atoms with Gasteiger partial charge in [0.2, 0.25) is 11.7 Å². The molecule has 1 aromatic heterocycles. The minimum atomic E-state index is -0.340. The molecule has 2 N–H and O–H groups in total. The Labute approximate surface area is 220 Å². The van der Waals surface area contributed by atoms with Crippen LogP contribution in [0.5, 0.6) is 28.7 Å². The zero-order valence-electron chi connectivity index (χ0n) is 21.7. The Morgan fingerprint density at radius 2 is 1.39 bits per heavy atom. The van der Waals surface area contributed by atoms with Gasteiger partial charge in [-0.25, -0.2) is 9.97 Å². The molecule has 0 spiro atoms. The van der Waals surface area contributed by atoms with Crippen molar-refractivity contribution in [2.75, 3.05) is 46.2 Å². The molecule has 0 saturated heterocycles. The van der Waals surface area contributed by atoms with Gasteiger partial charge in [-0.15, -0.1) is 0 Å². The molecule has 0 fully saturated rings. The molecule has 10 nitrogen and oxygen atoms in total. The molecule has 1 amide bonds. The van der Waals surface area contributed by atoms with Gasteiger partial charge in [0.15, 0.2) is 23.0 Å². The summed E-state index contributed by atoms with van der Waals surface area (Å²) < 4.78 is 26.7. The highest BCUT2D eigenvalue weighted by molar-refractivity contribution is 6.05. The first kappa shape index (κ1) is 26.1. The number of rotatable bonds is 10. The number of methoxy groups -OCH3 is 5. The summed E-state index contributed by atoms with van der Waals surface area (Å²) >= 11 is 0. The summed E-state index contributed by atoms with van der Waals surface area (Å²) in [5.41, 5.74) is 3.17. The van der Waals surface area contributed by atoms with Gasteiger partial charge in [-0.05, 0) is 54.6 Å². The predicted molar refractivity (Wildman–Crippen MR) is 144 cm³/mol. The fourth-order valence-electron chi connectivity index (χ4n) is 3.79. The van der Waals surface area contributed by atoms with E-state index in [1.165, 1.54) is 21.3 Å². The van der Waals surface area contributed by atoms with E-state index in [2.05, 4.69) is 20.6 Å². The SMILES string of the molecule is COc1ccc(-c2ccnc(Nc3cccc(NC(=O)c4cc(OC)c(OC)c(OC)c4)c3)n2)cc1OC. The molecule has 3 aromatic carbocycles. The Balaban J connectivity index is 1.52. The summed E-state index contributed by atoms with van der Waals surface area (Å²) in [5, 5.41) is 6.07. The third-order valence-electron chi connectivity index (χ3n) is 5.64. The van der Waals surface area contributed by atoms with Gasteiger partial charge in [-0.2, -0.15) is 0 Å². The molecule has 0 atom stereocenters. The van der Waals surface area contributed by atoms with Gasteiger partial charge in [0, 0.05) is 28.7 Å². The van der Waals surface area contributed by atoms with Gasteiger partial charge in [0.05, 0.1) is 41.2 Å². The Bertz CT molecular complexity index is 1420. The monoisotopic (exact) mass is 516 g/mol. The van der Waals surface area contributed by atoms with Crippen LogP contribution >= 0.6 is 0 Å². The van der Waals surface area contributed by atoms with E-state index in [9.17, 15) is 4.79 Å². The van der Waals surface area contributed by atoms with Crippen molar-refractivity contribution in [1.29, 1.82) is 0 Å². The zero-order chi connectivity index (χ0) is 27.1. The lowest BCUT2D eigenvalue weighted by Crippen LogP contribution is -2.12. The summed E-state index contributed by atoms with van der Waals surface area (Å²) in [7, 11) is 7.67. The van der Waals surface area contributed by atoms with E-state index in [-0.39, 0.29) is 5.91 Å². The average Bonchev–Trinajstić information content (AvgIpc) is 2.96. The summed E-state index contributed by atoms with van der Waals surface area (Å²) in [5.74, 6) is 2.48. The first-order chi connectivity index (χ1) is 18.5. The number of anilines is 3. The molecule has 196 valence electrons. The molecule has 0 aliphatic heterocycles. The highest BCUT2D eigenvalue weighted by Crippen LogP contribution is 2.38. The lowest BCUT2D eigenvalue weighted by molar-refractivity contribution is 0.102. The molecule has 0 bridgehead atoms. The van der Waals surface area contributed by atoms with E-state index in [1.54, 1.807) is 50.7 Å². The Hall–Kier alpha value is -4.99. The van der Waals surface area contributed by atoms with Gasteiger partial charge >= 0.3 is 0 Å². The van der Waals surface area contributed by atoms with Gasteiger partial charge in [-0.1, -0.05) is 6.07 Å². The molecule has 0 aliphatic rings. The Morgan fingerprint density at radius 3 is 2.05 bits per heavy atom. The minimum Gasteiger partial charge on any atom is -0.493 e. The molecule has 1 heterocycles. The number of benzene rings is 3. The number of ether oxygens (including phenoxy) is 5. The number of nitrogens with zero attached hydrogens (tertiary/aromatic N) is 2. The van der Waals surface area contributed by atoms with Crippen molar-refractivity contribution in [3.8, 4) is 40.0 Å². The number of nitrogens with one attached hydrogen (secondary N) is 2. The highest BCUT2D eigenvalue weighted by Gasteiger charge is 2.17. The van der Waals surface area contributed by atoms with Crippen LogP contribution in [0.15, 0.2) is 66.9 Å². The number of carbonyl (C=O) groups is 1. The number of hydrogen-bond acceptors (Lipinski definition) is 9. The molecule has 0 aliphatic carbocycles. The average molecular weight is 517 g/mol. The second-order valence-electron chi connectivity index (χ2n) is 7.91. The summed E-state index contributed by atoms with van der Waals surface area (Å²) in [6.45, 7) is 0. The Kier molecular flexibility index (Phi) is 8.12. The van der Waals surface area contributed by atoms with Crippen molar-refractivity contribution >= 4 is 23.2 Å². The maximum atomic E-state index is 13.0. The van der Waals surface area contributed by atoms with Crippen molar-refractivity contribution < 1.29 is 28.5 Å². The van der Waals surface area contributed by atoms with E-state index in [0.29, 0.717) is 57.3 Å². The Morgan fingerprint density at radius 1 is 0.711 bits per heavy atom. The van der Waals surface area contributed by atoms with Crippen LogP contribution in [0.2, 0.25) is 0 Å². The van der Waals surface area contributed by atoms with Crippen molar-refractivity contribution in [1.82, 2.24) is 9.97 Å². The van der Waals surface area contributed by atoms with Crippen LogP contribution < -0.4 is 34.3 Å². The van der Waals surface area contributed by atoms with Crippen LogP contribution in [0, 0.1) is 0 Å². The van der Waals surface area contributed by atoms with Crippen LogP contribution in [0.25, 0.3) is 11.3 Å². The molecule has 0 saturated carbocycles.